The van der Waals surface area contributed by atoms with Gasteiger partial charge in [0.1, 0.15) is 5.75 Å². The van der Waals surface area contributed by atoms with Gasteiger partial charge in [-0.2, -0.15) is 0 Å². The lowest BCUT2D eigenvalue weighted by atomic mass is 10.1. The average Bonchev–Trinajstić information content (AvgIpc) is 2.87. The van der Waals surface area contributed by atoms with Crippen molar-refractivity contribution in [3.8, 4) is 5.75 Å². The number of hydrogen-bond acceptors (Lipinski definition) is 3. The molecule has 2 N–H and O–H groups in total. The Kier molecular flexibility index (Phi) is 4.15. The second kappa shape index (κ2) is 5.88. The summed E-state index contributed by atoms with van der Waals surface area (Å²) in [5, 5.41) is 0.733. The molecular weight excluding hydrogens is 358 g/mol. The molecule has 104 valence electrons. The van der Waals surface area contributed by atoms with Crippen LogP contribution in [0.1, 0.15) is 11.1 Å². The van der Waals surface area contributed by atoms with Crippen LogP contribution in [0.3, 0.4) is 0 Å². The predicted octanol–water partition coefficient (Wildman–Crippen LogP) is 4.91. The summed E-state index contributed by atoms with van der Waals surface area (Å²) in [4.78, 5) is 0.999. The van der Waals surface area contributed by atoms with Gasteiger partial charge in [-0.25, -0.2) is 0 Å². The third kappa shape index (κ3) is 2.92. The molecule has 2 aromatic rings. The number of rotatable bonds is 3. The number of thioether (sulfide) groups is 1. The molecule has 0 aromatic heterocycles. The van der Waals surface area contributed by atoms with E-state index < -0.39 is 0 Å². The predicted molar refractivity (Wildman–Crippen MR) is 88.8 cm³/mol. The van der Waals surface area contributed by atoms with E-state index in [0.717, 1.165) is 44.6 Å². The number of halogens is 2. The first-order chi connectivity index (χ1) is 9.63. The van der Waals surface area contributed by atoms with E-state index in [9.17, 15) is 0 Å². The molecule has 3 rings (SSSR count). The van der Waals surface area contributed by atoms with E-state index in [4.69, 9.17) is 22.1 Å². The van der Waals surface area contributed by atoms with Crippen LogP contribution in [0.2, 0.25) is 5.02 Å². The fraction of sp³-hybridized carbons (Fsp3) is 0.200. The molecule has 1 aliphatic heterocycles. The van der Waals surface area contributed by atoms with Crippen molar-refractivity contribution in [3.05, 3.63) is 51.0 Å². The Labute approximate surface area is 135 Å². The maximum absolute atomic E-state index is 6.19. The Morgan fingerprint density at radius 1 is 1.30 bits per heavy atom. The Bertz CT molecular complexity index is 663. The van der Waals surface area contributed by atoms with Crippen molar-refractivity contribution in [3.63, 3.8) is 0 Å². The van der Waals surface area contributed by atoms with Gasteiger partial charge in [-0.15, -0.1) is 11.8 Å². The maximum Gasteiger partial charge on any atom is 0.126 e. The zero-order chi connectivity index (χ0) is 14.1. The first kappa shape index (κ1) is 14.1. The van der Waals surface area contributed by atoms with Gasteiger partial charge < -0.3 is 10.5 Å². The number of nitrogen functional groups attached to an aromatic ring is 1. The highest BCUT2D eigenvalue weighted by molar-refractivity contribution is 9.10. The third-order valence-electron chi connectivity index (χ3n) is 3.16. The molecule has 0 saturated heterocycles. The molecule has 0 saturated carbocycles. The second-order valence-corrected chi connectivity index (χ2v) is 6.97. The van der Waals surface area contributed by atoms with Crippen molar-refractivity contribution < 1.29 is 4.74 Å². The summed E-state index contributed by atoms with van der Waals surface area (Å²) in [7, 11) is 0. The van der Waals surface area contributed by atoms with Crippen molar-refractivity contribution in [2.24, 2.45) is 0 Å². The van der Waals surface area contributed by atoms with Gasteiger partial charge in [0.05, 0.1) is 11.6 Å². The Balaban J connectivity index is 1.84. The summed E-state index contributed by atoms with van der Waals surface area (Å²) in [6, 6.07) is 9.79. The molecule has 0 bridgehead atoms. The van der Waals surface area contributed by atoms with Crippen LogP contribution in [0.4, 0.5) is 5.69 Å². The van der Waals surface area contributed by atoms with Gasteiger partial charge in [0, 0.05) is 32.8 Å². The molecule has 0 fully saturated rings. The smallest absolute Gasteiger partial charge is 0.126 e. The van der Waals surface area contributed by atoms with Crippen molar-refractivity contribution >= 4 is 45.0 Å². The lowest BCUT2D eigenvalue weighted by Gasteiger charge is -2.10. The van der Waals surface area contributed by atoms with Crippen molar-refractivity contribution in [2.45, 2.75) is 17.1 Å². The molecule has 0 spiro atoms. The van der Waals surface area contributed by atoms with E-state index in [1.54, 1.807) is 11.8 Å². The summed E-state index contributed by atoms with van der Waals surface area (Å²) in [6.07, 6.45) is 0.978. The van der Waals surface area contributed by atoms with E-state index >= 15 is 0 Å². The normalized spacial score (nSPS) is 13.1. The van der Waals surface area contributed by atoms with Crippen LogP contribution in [0, 0.1) is 0 Å². The molecule has 0 radical (unpaired) electrons. The lowest BCUT2D eigenvalue weighted by molar-refractivity contribution is 0.354. The Morgan fingerprint density at radius 3 is 3.00 bits per heavy atom. The molecule has 1 aliphatic rings. The first-order valence-corrected chi connectivity index (χ1v) is 8.41. The van der Waals surface area contributed by atoms with Crippen LogP contribution in [0.5, 0.6) is 5.75 Å². The van der Waals surface area contributed by atoms with Crippen molar-refractivity contribution in [2.75, 3.05) is 12.3 Å². The van der Waals surface area contributed by atoms with E-state index in [-0.39, 0.29) is 0 Å². The number of anilines is 1. The molecule has 2 aromatic carbocycles. The van der Waals surface area contributed by atoms with Gasteiger partial charge >= 0.3 is 0 Å². The van der Waals surface area contributed by atoms with Crippen LogP contribution in [-0.2, 0) is 12.2 Å². The first-order valence-electron chi connectivity index (χ1n) is 6.25. The number of nitrogens with two attached hydrogens (primary N) is 1. The highest BCUT2D eigenvalue weighted by Gasteiger charge is 2.17. The van der Waals surface area contributed by atoms with Crippen molar-refractivity contribution in [1.82, 2.24) is 0 Å². The van der Waals surface area contributed by atoms with Gasteiger partial charge in [-0.1, -0.05) is 27.5 Å². The monoisotopic (exact) mass is 369 g/mol. The van der Waals surface area contributed by atoms with Gasteiger partial charge in [0.2, 0.25) is 0 Å². The van der Waals surface area contributed by atoms with Crippen LogP contribution in [-0.4, -0.2) is 6.61 Å². The molecule has 2 nitrogen and oxygen atoms in total. The molecule has 0 atom stereocenters. The SMILES string of the molecule is Nc1ccc(Cl)c(SCc2cc(Br)cc3c2OCC3)c1. The molecular formula is C15H13BrClNOS. The standard InChI is InChI=1S/C15H13BrClNOS/c16-11-5-9-3-4-19-15(9)10(6-11)8-20-14-7-12(18)1-2-13(14)17/h1-2,5-7H,3-4,8,18H2. The molecule has 0 unspecified atom stereocenters. The molecule has 5 heteroatoms. The summed E-state index contributed by atoms with van der Waals surface area (Å²) in [6.45, 7) is 0.766. The van der Waals surface area contributed by atoms with E-state index in [2.05, 4.69) is 28.1 Å². The van der Waals surface area contributed by atoms with Crippen LogP contribution in [0.15, 0.2) is 39.7 Å². The summed E-state index contributed by atoms with van der Waals surface area (Å²) in [5.74, 6) is 1.84. The Morgan fingerprint density at radius 2 is 2.15 bits per heavy atom. The summed E-state index contributed by atoms with van der Waals surface area (Å²) < 4.78 is 6.83. The lowest BCUT2D eigenvalue weighted by Crippen LogP contribution is -1.91. The van der Waals surface area contributed by atoms with Crippen LogP contribution < -0.4 is 10.5 Å². The largest absolute Gasteiger partial charge is 0.493 e. The van der Waals surface area contributed by atoms with E-state index in [1.807, 2.05) is 18.2 Å². The quantitative estimate of drug-likeness (QED) is 0.616. The second-order valence-electron chi connectivity index (χ2n) is 4.63. The zero-order valence-electron chi connectivity index (χ0n) is 10.7. The van der Waals surface area contributed by atoms with E-state index in [1.165, 1.54) is 11.1 Å². The zero-order valence-corrected chi connectivity index (χ0v) is 13.8. The number of hydrogen-bond donors (Lipinski definition) is 1. The summed E-state index contributed by atoms with van der Waals surface area (Å²) in [5.41, 5.74) is 9.00. The highest BCUT2D eigenvalue weighted by atomic mass is 79.9. The molecule has 0 aliphatic carbocycles. The van der Waals surface area contributed by atoms with E-state index in [0.29, 0.717) is 0 Å². The minimum absolute atomic E-state index is 0.729. The number of ether oxygens (including phenoxy) is 1. The van der Waals surface area contributed by atoms with Crippen molar-refractivity contribution in [1.29, 1.82) is 0 Å². The van der Waals surface area contributed by atoms with Crippen LogP contribution >= 0.6 is 39.3 Å². The van der Waals surface area contributed by atoms with Gasteiger partial charge in [-0.3, -0.25) is 0 Å². The molecule has 20 heavy (non-hydrogen) atoms. The fourth-order valence-corrected chi connectivity index (χ4v) is 4.02. The average molecular weight is 371 g/mol. The van der Waals surface area contributed by atoms with Crippen LogP contribution in [0.25, 0.3) is 0 Å². The highest BCUT2D eigenvalue weighted by Crippen LogP contribution is 2.38. The fourth-order valence-electron chi connectivity index (χ4n) is 2.24. The van der Waals surface area contributed by atoms with Gasteiger partial charge in [0.25, 0.3) is 0 Å². The number of benzene rings is 2. The topological polar surface area (TPSA) is 35.2 Å². The molecule has 1 heterocycles. The minimum Gasteiger partial charge on any atom is -0.493 e. The Hall–Kier alpha value is -0.840. The maximum atomic E-state index is 6.19. The van der Waals surface area contributed by atoms with Gasteiger partial charge in [-0.05, 0) is 35.9 Å². The van der Waals surface area contributed by atoms with Gasteiger partial charge in [0.15, 0.2) is 0 Å². The number of fused-ring (bicyclic) bond motifs is 1. The summed E-state index contributed by atoms with van der Waals surface area (Å²) >= 11 is 11.4. The third-order valence-corrected chi connectivity index (χ3v) is 5.17. The molecule has 0 amide bonds. The minimum atomic E-state index is 0.729.